The van der Waals surface area contributed by atoms with Gasteiger partial charge in [-0.05, 0) is 6.92 Å². The van der Waals surface area contributed by atoms with Gasteiger partial charge in [0, 0.05) is 5.92 Å². The van der Waals surface area contributed by atoms with Crippen LogP contribution in [0.5, 0.6) is 0 Å². The van der Waals surface area contributed by atoms with E-state index in [9.17, 15) is 4.39 Å². The zero-order valence-corrected chi connectivity index (χ0v) is 8.75. The van der Waals surface area contributed by atoms with Gasteiger partial charge in [0.15, 0.2) is 0 Å². The molecule has 0 saturated carbocycles. The van der Waals surface area contributed by atoms with Crippen molar-refractivity contribution in [3.63, 3.8) is 0 Å². The molecule has 4 atom stereocenters. The number of rotatable bonds is 2. The molecule has 2 nitrogen and oxygen atoms in total. The fourth-order valence-electron chi connectivity index (χ4n) is 1.36. The van der Waals surface area contributed by atoms with Gasteiger partial charge in [0.1, 0.15) is 29.2 Å². The van der Waals surface area contributed by atoms with Crippen LogP contribution < -0.4 is 0 Å². The molecule has 11 heavy (non-hydrogen) atoms. The molecule has 0 aliphatic carbocycles. The van der Waals surface area contributed by atoms with E-state index in [1.165, 1.54) is 0 Å². The standard InChI is InChI=1S/C7H12FIO2/c1-4-6(3-10-9)11-5(2)7(4)8/h4-7H,3H2,1-2H3/t4-,5+,6-,7-/m1/s1. The van der Waals surface area contributed by atoms with E-state index in [4.69, 9.17) is 7.80 Å². The zero-order chi connectivity index (χ0) is 8.43. The molecule has 4 heteroatoms. The summed E-state index contributed by atoms with van der Waals surface area (Å²) in [7, 11) is 0. The van der Waals surface area contributed by atoms with Gasteiger partial charge in [0.2, 0.25) is 0 Å². The lowest BCUT2D eigenvalue weighted by Crippen LogP contribution is -2.22. The minimum absolute atomic E-state index is 0.0419. The Labute approximate surface area is 80.1 Å². The van der Waals surface area contributed by atoms with Gasteiger partial charge in [-0.3, -0.25) is 0 Å². The lowest BCUT2D eigenvalue weighted by molar-refractivity contribution is 0.0190. The van der Waals surface area contributed by atoms with Crippen molar-refractivity contribution < 1.29 is 12.2 Å². The molecule has 0 aromatic carbocycles. The lowest BCUT2D eigenvalue weighted by Gasteiger charge is -2.11. The van der Waals surface area contributed by atoms with Crippen LogP contribution in [-0.4, -0.2) is 25.0 Å². The van der Waals surface area contributed by atoms with Gasteiger partial charge in [0.25, 0.3) is 0 Å². The molecule has 1 aliphatic heterocycles. The molecular weight excluding hydrogens is 262 g/mol. The van der Waals surface area contributed by atoms with Gasteiger partial charge in [-0.25, -0.2) is 4.39 Å². The molecular formula is C7H12FIO2. The zero-order valence-electron chi connectivity index (χ0n) is 6.59. The monoisotopic (exact) mass is 274 g/mol. The summed E-state index contributed by atoms with van der Waals surface area (Å²) < 4.78 is 23.3. The van der Waals surface area contributed by atoms with E-state index in [2.05, 4.69) is 0 Å². The summed E-state index contributed by atoms with van der Waals surface area (Å²) in [5, 5.41) is 0. The van der Waals surface area contributed by atoms with Crippen molar-refractivity contribution in [3.05, 3.63) is 0 Å². The van der Waals surface area contributed by atoms with Crippen molar-refractivity contribution in [2.24, 2.45) is 5.92 Å². The molecule has 1 saturated heterocycles. The van der Waals surface area contributed by atoms with Crippen LogP contribution in [0.15, 0.2) is 0 Å². The predicted molar refractivity (Wildman–Crippen MR) is 48.4 cm³/mol. The predicted octanol–water partition coefficient (Wildman–Crippen LogP) is 2.11. The molecule has 0 radical (unpaired) electrons. The normalized spacial score (nSPS) is 44.7. The second-order valence-corrected chi connectivity index (χ2v) is 3.58. The van der Waals surface area contributed by atoms with Crippen molar-refractivity contribution in [3.8, 4) is 0 Å². The first-order valence-corrected chi connectivity index (χ1v) is 4.58. The highest BCUT2D eigenvalue weighted by atomic mass is 127. The third kappa shape index (κ3) is 2.03. The molecule has 0 unspecified atom stereocenters. The molecule has 1 rings (SSSR count). The van der Waals surface area contributed by atoms with Gasteiger partial charge in [-0.2, -0.15) is 0 Å². The molecule has 0 aromatic rings. The maximum absolute atomic E-state index is 13.1. The van der Waals surface area contributed by atoms with Gasteiger partial charge in [0.05, 0.1) is 18.8 Å². The summed E-state index contributed by atoms with van der Waals surface area (Å²) in [6, 6.07) is 0. The highest BCUT2D eigenvalue weighted by molar-refractivity contribution is 14.1. The first-order chi connectivity index (χ1) is 5.16. The Hall–Kier alpha value is 0.580. The first-order valence-electron chi connectivity index (χ1n) is 3.70. The summed E-state index contributed by atoms with van der Waals surface area (Å²) in [4.78, 5) is 0. The number of ether oxygens (including phenoxy) is 1. The van der Waals surface area contributed by atoms with Crippen LogP contribution >= 0.6 is 23.0 Å². The Morgan fingerprint density at radius 2 is 2.18 bits per heavy atom. The maximum atomic E-state index is 13.1. The Balaban J connectivity index is 2.45. The van der Waals surface area contributed by atoms with Crippen LogP contribution in [0.3, 0.4) is 0 Å². The molecule has 0 amide bonds. The number of alkyl halides is 1. The summed E-state index contributed by atoms with van der Waals surface area (Å²) in [5.74, 6) is -0.0419. The van der Waals surface area contributed by atoms with Gasteiger partial charge < -0.3 is 7.80 Å². The molecule has 1 fully saturated rings. The van der Waals surface area contributed by atoms with Crippen LogP contribution in [0.2, 0.25) is 0 Å². The number of hydrogen-bond donors (Lipinski definition) is 0. The summed E-state index contributed by atoms with van der Waals surface area (Å²) in [6.45, 7) is 4.09. The van der Waals surface area contributed by atoms with E-state index in [0.717, 1.165) is 0 Å². The van der Waals surface area contributed by atoms with E-state index >= 15 is 0 Å². The minimum atomic E-state index is -0.841. The second kappa shape index (κ2) is 4.00. The molecule has 0 N–H and O–H groups in total. The van der Waals surface area contributed by atoms with Crippen LogP contribution in [-0.2, 0) is 7.80 Å². The third-order valence-electron chi connectivity index (χ3n) is 2.15. The van der Waals surface area contributed by atoms with E-state index in [1.54, 1.807) is 29.9 Å². The molecule has 0 spiro atoms. The topological polar surface area (TPSA) is 18.5 Å². The number of hydrogen-bond acceptors (Lipinski definition) is 2. The summed E-state index contributed by atoms with van der Waals surface area (Å²) in [6.07, 6.45) is -1.19. The van der Waals surface area contributed by atoms with E-state index < -0.39 is 6.17 Å². The maximum Gasteiger partial charge on any atom is 0.131 e. The van der Waals surface area contributed by atoms with E-state index in [-0.39, 0.29) is 18.1 Å². The van der Waals surface area contributed by atoms with Crippen LogP contribution in [0.25, 0.3) is 0 Å². The van der Waals surface area contributed by atoms with E-state index in [0.29, 0.717) is 6.61 Å². The fourth-order valence-corrected chi connectivity index (χ4v) is 1.71. The average Bonchev–Trinajstić information content (AvgIpc) is 2.19. The largest absolute Gasteiger partial charge is 0.369 e. The average molecular weight is 274 g/mol. The van der Waals surface area contributed by atoms with Gasteiger partial charge in [-0.1, -0.05) is 6.92 Å². The SMILES string of the molecule is C[C@H]1[C@@H](F)[C@H](C)O[C@@H]1COI. The Kier molecular flexibility index (Phi) is 3.52. The molecule has 1 heterocycles. The van der Waals surface area contributed by atoms with Crippen molar-refractivity contribution in [1.29, 1.82) is 0 Å². The first kappa shape index (κ1) is 9.67. The highest BCUT2D eigenvalue weighted by Gasteiger charge is 2.39. The second-order valence-electron chi connectivity index (χ2n) is 2.96. The van der Waals surface area contributed by atoms with Gasteiger partial charge in [-0.15, -0.1) is 0 Å². The lowest BCUT2D eigenvalue weighted by atomic mass is 10.0. The highest BCUT2D eigenvalue weighted by Crippen LogP contribution is 2.29. The van der Waals surface area contributed by atoms with Crippen molar-refractivity contribution in [1.82, 2.24) is 0 Å². The van der Waals surface area contributed by atoms with Crippen LogP contribution in [0.4, 0.5) is 4.39 Å². The molecule has 66 valence electrons. The van der Waals surface area contributed by atoms with Crippen LogP contribution in [0, 0.1) is 5.92 Å². The Morgan fingerprint density at radius 1 is 1.55 bits per heavy atom. The van der Waals surface area contributed by atoms with Crippen molar-refractivity contribution in [2.45, 2.75) is 32.2 Å². The van der Waals surface area contributed by atoms with E-state index in [1.807, 2.05) is 6.92 Å². The minimum Gasteiger partial charge on any atom is -0.369 e. The number of halogens is 2. The van der Waals surface area contributed by atoms with Crippen molar-refractivity contribution >= 4 is 23.0 Å². The fraction of sp³-hybridized carbons (Fsp3) is 1.00. The summed E-state index contributed by atoms with van der Waals surface area (Å²) >= 11 is 1.80. The third-order valence-corrected chi connectivity index (χ3v) is 2.51. The van der Waals surface area contributed by atoms with Crippen LogP contribution in [0.1, 0.15) is 13.8 Å². The smallest absolute Gasteiger partial charge is 0.131 e. The molecule has 0 bridgehead atoms. The van der Waals surface area contributed by atoms with Crippen molar-refractivity contribution in [2.75, 3.05) is 6.61 Å². The molecule has 0 aromatic heterocycles. The summed E-state index contributed by atoms with van der Waals surface area (Å²) in [5.41, 5.74) is 0. The Morgan fingerprint density at radius 3 is 2.55 bits per heavy atom. The molecule has 1 aliphatic rings. The van der Waals surface area contributed by atoms with Gasteiger partial charge >= 0.3 is 0 Å². The quantitative estimate of drug-likeness (QED) is 0.718. The Bertz CT molecular complexity index is 134.